The number of nitrogens with zero attached hydrogens (tertiary/aromatic N) is 3. The number of hydrogen-bond acceptors (Lipinski definition) is 5. The first kappa shape index (κ1) is 13.5. The molecule has 0 saturated heterocycles. The van der Waals surface area contributed by atoms with Gasteiger partial charge in [0.1, 0.15) is 5.75 Å². The monoisotopic (exact) mass is 276 g/mol. The topological polar surface area (TPSA) is 117 Å². The Morgan fingerprint density at radius 1 is 1.35 bits per heavy atom. The van der Waals surface area contributed by atoms with Gasteiger partial charge in [0, 0.05) is 12.6 Å². The van der Waals surface area contributed by atoms with E-state index in [0.29, 0.717) is 6.54 Å². The molecule has 0 spiro atoms. The quantitative estimate of drug-likeness (QED) is 0.692. The second-order valence-electron chi connectivity index (χ2n) is 4.00. The lowest BCUT2D eigenvalue weighted by atomic mass is 10.2. The number of rotatable bonds is 5. The zero-order valence-corrected chi connectivity index (χ0v) is 10.4. The molecule has 1 amide bonds. The van der Waals surface area contributed by atoms with Gasteiger partial charge in [-0.2, -0.15) is 0 Å². The number of carbonyl (C=O) groups excluding carboxylic acids is 1. The van der Waals surface area contributed by atoms with E-state index in [4.69, 9.17) is 5.11 Å². The highest BCUT2D eigenvalue weighted by atomic mass is 16.4. The van der Waals surface area contributed by atoms with Crippen LogP contribution < -0.4 is 5.32 Å². The van der Waals surface area contributed by atoms with E-state index in [0.717, 1.165) is 6.07 Å². The summed E-state index contributed by atoms with van der Waals surface area (Å²) >= 11 is 0. The lowest BCUT2D eigenvalue weighted by Crippen LogP contribution is -2.15. The molecule has 0 fully saturated rings. The first-order valence-electron chi connectivity index (χ1n) is 5.76. The number of carboxylic acids is 1. The Balaban J connectivity index is 1.95. The summed E-state index contributed by atoms with van der Waals surface area (Å²) in [5, 5.41) is 28.2. The van der Waals surface area contributed by atoms with Gasteiger partial charge >= 0.3 is 5.97 Å². The van der Waals surface area contributed by atoms with Gasteiger partial charge in [0.2, 0.25) is 5.91 Å². The van der Waals surface area contributed by atoms with Gasteiger partial charge < -0.3 is 15.5 Å². The van der Waals surface area contributed by atoms with Gasteiger partial charge in [-0.3, -0.25) is 9.48 Å². The molecule has 2 aromatic rings. The number of aromatic nitrogens is 3. The molecule has 0 saturated carbocycles. The van der Waals surface area contributed by atoms with Crippen LogP contribution in [0.2, 0.25) is 0 Å². The average molecular weight is 276 g/mol. The summed E-state index contributed by atoms with van der Waals surface area (Å²) in [6.07, 6.45) is 3.30. The number of carbonyl (C=O) groups is 2. The molecule has 0 bridgehead atoms. The maximum atomic E-state index is 11.7. The van der Waals surface area contributed by atoms with Crippen molar-refractivity contribution in [2.24, 2.45) is 0 Å². The van der Waals surface area contributed by atoms with Crippen LogP contribution in [-0.2, 0) is 11.3 Å². The van der Waals surface area contributed by atoms with Crippen molar-refractivity contribution in [1.82, 2.24) is 15.0 Å². The van der Waals surface area contributed by atoms with Gasteiger partial charge in [0.15, 0.2) is 0 Å². The zero-order valence-electron chi connectivity index (χ0n) is 10.4. The van der Waals surface area contributed by atoms with Crippen LogP contribution in [0, 0.1) is 0 Å². The zero-order chi connectivity index (χ0) is 14.5. The molecule has 0 aliphatic rings. The minimum Gasteiger partial charge on any atom is -0.506 e. The molecule has 0 unspecified atom stereocenters. The minimum absolute atomic E-state index is 0.0527. The van der Waals surface area contributed by atoms with E-state index >= 15 is 0 Å². The Kier molecular flexibility index (Phi) is 3.94. The molecule has 0 aliphatic heterocycles. The number of amides is 1. The lowest BCUT2D eigenvalue weighted by molar-refractivity contribution is -0.116. The van der Waals surface area contributed by atoms with Crippen LogP contribution in [0.25, 0.3) is 0 Å². The molecule has 0 radical (unpaired) electrons. The molecule has 3 N–H and O–H groups in total. The number of anilines is 1. The Morgan fingerprint density at radius 3 is 2.75 bits per heavy atom. The number of hydrogen-bond donors (Lipinski definition) is 3. The Bertz CT molecular complexity index is 624. The van der Waals surface area contributed by atoms with Crippen molar-refractivity contribution >= 4 is 17.6 Å². The first-order chi connectivity index (χ1) is 9.56. The molecular formula is C12H12N4O4. The molecule has 1 aromatic heterocycles. The van der Waals surface area contributed by atoms with Gasteiger partial charge in [-0.1, -0.05) is 5.21 Å². The van der Waals surface area contributed by atoms with Gasteiger partial charge in [0.05, 0.1) is 24.0 Å². The number of phenols is 1. The molecular weight excluding hydrogens is 264 g/mol. The van der Waals surface area contributed by atoms with Crippen LogP contribution in [0.1, 0.15) is 16.8 Å². The van der Waals surface area contributed by atoms with Crippen LogP contribution >= 0.6 is 0 Å². The van der Waals surface area contributed by atoms with Crippen LogP contribution in [0.4, 0.5) is 5.69 Å². The van der Waals surface area contributed by atoms with Gasteiger partial charge in [-0.15, -0.1) is 5.10 Å². The van der Waals surface area contributed by atoms with E-state index in [1.807, 2.05) is 0 Å². The van der Waals surface area contributed by atoms with E-state index < -0.39 is 5.97 Å². The minimum atomic E-state index is -1.15. The van der Waals surface area contributed by atoms with Gasteiger partial charge in [0.25, 0.3) is 0 Å². The third-order valence-electron chi connectivity index (χ3n) is 2.56. The Labute approximate surface area is 113 Å². The highest BCUT2D eigenvalue weighted by molar-refractivity contribution is 5.94. The normalized spacial score (nSPS) is 10.2. The lowest BCUT2D eigenvalue weighted by Gasteiger charge is -2.08. The first-order valence-corrected chi connectivity index (χ1v) is 5.76. The largest absolute Gasteiger partial charge is 0.506 e. The Morgan fingerprint density at radius 2 is 2.15 bits per heavy atom. The highest BCUT2D eigenvalue weighted by Gasteiger charge is 2.10. The second kappa shape index (κ2) is 5.83. The number of carboxylic acid groups (broad SMARTS) is 1. The highest BCUT2D eigenvalue weighted by Crippen LogP contribution is 2.24. The summed E-state index contributed by atoms with van der Waals surface area (Å²) in [5.74, 6) is -1.76. The van der Waals surface area contributed by atoms with Gasteiger partial charge in [-0.05, 0) is 18.2 Å². The molecule has 1 heterocycles. The van der Waals surface area contributed by atoms with Crippen LogP contribution in [-0.4, -0.2) is 37.1 Å². The van der Waals surface area contributed by atoms with Crippen LogP contribution in [0.3, 0.4) is 0 Å². The molecule has 104 valence electrons. The van der Waals surface area contributed by atoms with E-state index in [1.54, 1.807) is 6.20 Å². The number of aromatic carboxylic acids is 1. The fraction of sp³-hybridized carbons (Fsp3) is 0.167. The number of aryl methyl sites for hydroxylation is 1. The fourth-order valence-corrected chi connectivity index (χ4v) is 1.55. The summed E-state index contributed by atoms with van der Waals surface area (Å²) in [5.41, 5.74) is 0.113. The summed E-state index contributed by atoms with van der Waals surface area (Å²) in [4.78, 5) is 22.4. The van der Waals surface area contributed by atoms with E-state index in [1.165, 1.54) is 23.0 Å². The second-order valence-corrected chi connectivity index (χ2v) is 4.00. The van der Waals surface area contributed by atoms with Crippen molar-refractivity contribution in [3.63, 3.8) is 0 Å². The standard InChI is InChI=1S/C12H12N4O4/c17-10-7-8(12(19)20)1-2-9(10)14-11(18)3-5-16-6-4-13-15-16/h1-2,4,6-7,17H,3,5H2,(H,14,18)(H,19,20). The van der Waals surface area contributed by atoms with E-state index in [-0.39, 0.29) is 29.3 Å². The average Bonchev–Trinajstić information content (AvgIpc) is 2.91. The summed E-state index contributed by atoms with van der Waals surface area (Å²) in [6.45, 7) is 0.361. The van der Waals surface area contributed by atoms with E-state index in [2.05, 4.69) is 15.6 Å². The number of aromatic hydroxyl groups is 1. The van der Waals surface area contributed by atoms with Crippen molar-refractivity contribution in [3.05, 3.63) is 36.2 Å². The van der Waals surface area contributed by atoms with E-state index in [9.17, 15) is 14.7 Å². The van der Waals surface area contributed by atoms with Crippen molar-refractivity contribution in [3.8, 4) is 5.75 Å². The van der Waals surface area contributed by atoms with Crippen molar-refractivity contribution in [2.45, 2.75) is 13.0 Å². The van der Waals surface area contributed by atoms with Crippen LogP contribution in [0.5, 0.6) is 5.75 Å². The molecule has 0 atom stereocenters. The summed E-state index contributed by atoms with van der Waals surface area (Å²) in [6, 6.07) is 3.72. The fourth-order valence-electron chi connectivity index (χ4n) is 1.55. The number of benzene rings is 1. The molecule has 2 rings (SSSR count). The maximum absolute atomic E-state index is 11.7. The number of nitrogens with one attached hydrogen (secondary N) is 1. The molecule has 1 aromatic carbocycles. The molecule has 0 aliphatic carbocycles. The van der Waals surface area contributed by atoms with Crippen LogP contribution in [0.15, 0.2) is 30.6 Å². The molecule has 8 nitrogen and oxygen atoms in total. The number of phenolic OH excluding ortho intramolecular Hbond substituents is 1. The van der Waals surface area contributed by atoms with Crippen molar-refractivity contribution < 1.29 is 19.8 Å². The molecule has 8 heteroatoms. The van der Waals surface area contributed by atoms with Crippen molar-refractivity contribution in [2.75, 3.05) is 5.32 Å². The SMILES string of the molecule is O=C(CCn1ccnn1)Nc1ccc(C(=O)O)cc1O. The third-order valence-corrected chi connectivity index (χ3v) is 2.56. The third kappa shape index (κ3) is 3.31. The smallest absolute Gasteiger partial charge is 0.335 e. The summed E-state index contributed by atoms with van der Waals surface area (Å²) < 4.78 is 1.51. The van der Waals surface area contributed by atoms with Crippen molar-refractivity contribution in [1.29, 1.82) is 0 Å². The molecule has 20 heavy (non-hydrogen) atoms. The summed E-state index contributed by atoms with van der Waals surface area (Å²) in [7, 11) is 0. The van der Waals surface area contributed by atoms with Gasteiger partial charge in [-0.25, -0.2) is 4.79 Å². The predicted octanol–water partition coefficient (Wildman–Crippen LogP) is 0.711. The predicted molar refractivity (Wildman–Crippen MR) is 68.3 cm³/mol. The maximum Gasteiger partial charge on any atom is 0.335 e. The Hall–Kier alpha value is -2.90.